The lowest BCUT2D eigenvalue weighted by Gasteiger charge is -2.23. The van der Waals surface area contributed by atoms with Crippen LogP contribution in [-0.4, -0.2) is 15.7 Å². The van der Waals surface area contributed by atoms with Crippen LogP contribution in [0, 0.1) is 0 Å². The van der Waals surface area contributed by atoms with Crippen LogP contribution in [0.4, 0.5) is 5.69 Å². The molecule has 0 aliphatic rings. The fourth-order valence-corrected chi connectivity index (χ4v) is 3.37. The number of rotatable bonds is 6. The van der Waals surface area contributed by atoms with Crippen molar-refractivity contribution in [2.24, 2.45) is 0 Å². The lowest BCUT2D eigenvalue weighted by Crippen LogP contribution is -2.37. The van der Waals surface area contributed by atoms with Gasteiger partial charge in [-0.15, -0.1) is 0 Å². The van der Waals surface area contributed by atoms with E-state index in [1.165, 1.54) is 10.7 Å². The third-order valence-electron chi connectivity index (χ3n) is 4.84. The van der Waals surface area contributed by atoms with E-state index in [4.69, 9.17) is 11.6 Å². The number of amides is 1. The minimum Gasteiger partial charge on any atom is -0.306 e. The number of benzene rings is 3. The topological polar surface area (TPSA) is 55.2 Å². The predicted molar refractivity (Wildman–Crippen MR) is 123 cm³/mol. The largest absolute Gasteiger partial charge is 0.306 e. The van der Waals surface area contributed by atoms with Gasteiger partial charge in [0.15, 0.2) is 0 Å². The zero-order valence-corrected chi connectivity index (χ0v) is 17.4. The zero-order valence-electron chi connectivity index (χ0n) is 16.7. The number of nitrogens with zero attached hydrogens (tertiary/aromatic N) is 3. The molecule has 4 aromatic rings. The van der Waals surface area contributed by atoms with Crippen molar-refractivity contribution >= 4 is 23.2 Å². The minimum absolute atomic E-state index is 0.165. The van der Waals surface area contributed by atoms with Crippen molar-refractivity contribution in [2.45, 2.75) is 13.1 Å². The molecule has 0 spiro atoms. The van der Waals surface area contributed by atoms with Crippen LogP contribution in [0.5, 0.6) is 0 Å². The molecular weight excluding hydrogens is 410 g/mol. The molecule has 0 N–H and O–H groups in total. The average Bonchev–Trinajstić information content (AvgIpc) is 2.81. The van der Waals surface area contributed by atoms with E-state index >= 15 is 0 Å². The lowest BCUT2D eigenvalue weighted by atomic mass is 10.1. The van der Waals surface area contributed by atoms with Crippen LogP contribution in [0.15, 0.2) is 102 Å². The molecule has 1 aromatic heterocycles. The van der Waals surface area contributed by atoms with Gasteiger partial charge in [-0.05, 0) is 35.9 Å². The van der Waals surface area contributed by atoms with Gasteiger partial charge in [-0.2, -0.15) is 5.10 Å². The molecule has 5 nitrogen and oxygen atoms in total. The Morgan fingerprint density at radius 1 is 0.839 bits per heavy atom. The quantitative estimate of drug-likeness (QED) is 0.442. The van der Waals surface area contributed by atoms with Gasteiger partial charge in [0.2, 0.25) is 5.91 Å². The highest BCUT2D eigenvalue weighted by Crippen LogP contribution is 2.20. The number of hydrogen-bond acceptors (Lipinski definition) is 3. The third kappa shape index (κ3) is 5.08. The number of halogens is 1. The second-order valence-corrected chi connectivity index (χ2v) is 7.46. The van der Waals surface area contributed by atoms with Crippen LogP contribution in [0.1, 0.15) is 5.56 Å². The van der Waals surface area contributed by atoms with Crippen LogP contribution in [-0.2, 0) is 17.9 Å². The number of hydrogen-bond donors (Lipinski definition) is 0. The van der Waals surface area contributed by atoms with E-state index < -0.39 is 0 Å². The Morgan fingerprint density at radius 3 is 2.16 bits per heavy atom. The summed E-state index contributed by atoms with van der Waals surface area (Å²) in [5.41, 5.74) is 2.83. The molecule has 0 saturated heterocycles. The molecule has 0 saturated carbocycles. The molecule has 6 heteroatoms. The fraction of sp³-hybridized carbons (Fsp3) is 0.0800. The summed E-state index contributed by atoms with van der Waals surface area (Å²) in [4.78, 5) is 27.4. The lowest BCUT2D eigenvalue weighted by molar-refractivity contribution is -0.119. The smallest absolute Gasteiger partial charge is 0.267 e. The predicted octanol–water partition coefficient (Wildman–Crippen LogP) is 4.80. The van der Waals surface area contributed by atoms with Crippen LogP contribution in [0.25, 0.3) is 11.3 Å². The highest BCUT2D eigenvalue weighted by molar-refractivity contribution is 6.30. The van der Waals surface area contributed by atoms with Crippen molar-refractivity contribution in [3.05, 3.63) is 118 Å². The van der Waals surface area contributed by atoms with E-state index in [-0.39, 0.29) is 18.0 Å². The first kappa shape index (κ1) is 20.6. The fourth-order valence-electron chi connectivity index (χ4n) is 3.25. The minimum atomic E-state index is -0.334. The summed E-state index contributed by atoms with van der Waals surface area (Å²) in [5.74, 6) is -0.224. The van der Waals surface area contributed by atoms with Crippen LogP contribution >= 0.6 is 11.6 Å². The van der Waals surface area contributed by atoms with Crippen molar-refractivity contribution < 1.29 is 4.79 Å². The van der Waals surface area contributed by atoms with Crippen LogP contribution < -0.4 is 10.5 Å². The van der Waals surface area contributed by atoms with E-state index in [1.54, 1.807) is 23.1 Å². The maximum atomic E-state index is 13.3. The Morgan fingerprint density at radius 2 is 1.48 bits per heavy atom. The van der Waals surface area contributed by atoms with E-state index in [1.807, 2.05) is 72.8 Å². The molecule has 0 unspecified atom stereocenters. The summed E-state index contributed by atoms with van der Waals surface area (Å²) >= 11 is 5.96. The molecule has 1 heterocycles. The summed E-state index contributed by atoms with van der Waals surface area (Å²) < 4.78 is 1.20. The normalized spacial score (nSPS) is 10.6. The molecule has 0 aliphatic carbocycles. The number of para-hydroxylation sites is 1. The Hall–Kier alpha value is -3.70. The molecule has 0 atom stereocenters. The summed E-state index contributed by atoms with van der Waals surface area (Å²) in [6.07, 6.45) is 0. The van der Waals surface area contributed by atoms with Crippen molar-refractivity contribution in [1.82, 2.24) is 9.78 Å². The second-order valence-electron chi connectivity index (χ2n) is 7.02. The Bertz CT molecular complexity index is 1220. The van der Waals surface area contributed by atoms with E-state index in [0.29, 0.717) is 17.3 Å². The van der Waals surface area contributed by atoms with Gasteiger partial charge in [0, 0.05) is 22.3 Å². The number of anilines is 1. The molecule has 4 rings (SSSR count). The summed E-state index contributed by atoms with van der Waals surface area (Å²) in [6.45, 7) is 0.233. The maximum Gasteiger partial charge on any atom is 0.267 e. The van der Waals surface area contributed by atoms with Crippen molar-refractivity contribution in [3.8, 4) is 11.3 Å². The van der Waals surface area contributed by atoms with Crippen molar-refractivity contribution in [1.29, 1.82) is 0 Å². The van der Waals surface area contributed by atoms with Gasteiger partial charge in [-0.3, -0.25) is 9.59 Å². The van der Waals surface area contributed by atoms with Gasteiger partial charge < -0.3 is 4.90 Å². The summed E-state index contributed by atoms with van der Waals surface area (Å²) in [7, 11) is 0. The van der Waals surface area contributed by atoms with Gasteiger partial charge in [0.05, 0.1) is 12.2 Å². The number of carbonyl (C=O) groups excluding carboxylic acids is 1. The molecule has 3 aromatic carbocycles. The second kappa shape index (κ2) is 9.41. The molecule has 1 amide bonds. The van der Waals surface area contributed by atoms with E-state index in [0.717, 1.165) is 16.8 Å². The highest BCUT2D eigenvalue weighted by Gasteiger charge is 2.18. The SMILES string of the molecule is O=C(Cn1nc(-c2ccc(Cl)cc2)ccc1=O)N(Cc1ccccc1)c1ccccc1. The maximum absolute atomic E-state index is 13.3. The van der Waals surface area contributed by atoms with Crippen LogP contribution in [0.3, 0.4) is 0 Å². The Labute approximate surface area is 185 Å². The van der Waals surface area contributed by atoms with E-state index in [9.17, 15) is 9.59 Å². The first-order chi connectivity index (χ1) is 15.1. The first-order valence-corrected chi connectivity index (χ1v) is 10.2. The Balaban J connectivity index is 1.63. The summed E-state index contributed by atoms with van der Waals surface area (Å²) in [6, 6.07) is 29.4. The monoisotopic (exact) mass is 429 g/mol. The van der Waals surface area contributed by atoms with Crippen LogP contribution in [0.2, 0.25) is 5.02 Å². The molecule has 0 fully saturated rings. The van der Waals surface area contributed by atoms with Gasteiger partial charge >= 0.3 is 0 Å². The van der Waals surface area contributed by atoms with Gasteiger partial charge in [0.1, 0.15) is 6.54 Å². The standard InChI is InChI=1S/C25H20ClN3O2/c26-21-13-11-20(12-14-21)23-15-16-24(30)29(27-23)18-25(31)28(22-9-5-2-6-10-22)17-19-7-3-1-4-8-19/h1-16H,17-18H2. The first-order valence-electron chi connectivity index (χ1n) is 9.83. The molecule has 0 radical (unpaired) electrons. The molecule has 0 bridgehead atoms. The Kier molecular flexibility index (Phi) is 6.24. The molecular formula is C25H20ClN3O2. The average molecular weight is 430 g/mol. The molecule has 0 aliphatic heterocycles. The van der Waals surface area contributed by atoms with Crippen molar-refractivity contribution in [2.75, 3.05) is 4.90 Å². The number of aromatic nitrogens is 2. The molecule has 31 heavy (non-hydrogen) atoms. The van der Waals surface area contributed by atoms with Crippen molar-refractivity contribution in [3.63, 3.8) is 0 Å². The zero-order chi connectivity index (χ0) is 21.6. The van der Waals surface area contributed by atoms with Gasteiger partial charge in [-0.25, -0.2) is 4.68 Å². The third-order valence-corrected chi connectivity index (χ3v) is 5.10. The van der Waals surface area contributed by atoms with E-state index in [2.05, 4.69) is 5.10 Å². The van der Waals surface area contributed by atoms with Gasteiger partial charge in [-0.1, -0.05) is 72.3 Å². The highest BCUT2D eigenvalue weighted by atomic mass is 35.5. The summed E-state index contributed by atoms with van der Waals surface area (Å²) in [5, 5.41) is 5.03. The molecule has 154 valence electrons. The number of carbonyl (C=O) groups is 1. The van der Waals surface area contributed by atoms with Gasteiger partial charge in [0.25, 0.3) is 5.56 Å².